The number of aromatic nitrogens is 1. The van der Waals surface area contributed by atoms with Gasteiger partial charge in [0.15, 0.2) is 4.80 Å². The van der Waals surface area contributed by atoms with Crippen molar-refractivity contribution in [2.75, 3.05) is 6.54 Å². The Balaban J connectivity index is 1.73. The van der Waals surface area contributed by atoms with Crippen LogP contribution in [-0.2, 0) is 21.9 Å². The molecule has 3 heterocycles. The van der Waals surface area contributed by atoms with Gasteiger partial charge in [-0.15, -0.1) is 11.3 Å². The molecular weight excluding hydrogens is 473 g/mol. The lowest BCUT2D eigenvalue weighted by Gasteiger charge is -2.20. The van der Waals surface area contributed by atoms with Gasteiger partial charge < -0.3 is 4.57 Å². The highest BCUT2D eigenvalue weighted by molar-refractivity contribution is 7.91. The molecule has 0 radical (unpaired) electrons. The summed E-state index contributed by atoms with van der Waals surface area (Å²) < 4.78 is 30.4. The number of halogens is 2. The molecule has 0 N–H and O–H groups in total. The molecule has 1 fully saturated rings. The van der Waals surface area contributed by atoms with Gasteiger partial charge in [-0.3, -0.25) is 4.79 Å². The van der Waals surface area contributed by atoms with Crippen molar-refractivity contribution in [1.29, 1.82) is 0 Å². The summed E-state index contributed by atoms with van der Waals surface area (Å²) in [7, 11) is -1.97. The molecule has 1 aliphatic heterocycles. The number of benzene rings is 1. The molecule has 1 saturated heterocycles. The number of fused-ring (bicyclic) bond motifs is 1. The van der Waals surface area contributed by atoms with Gasteiger partial charge in [-0.25, -0.2) is 8.42 Å². The van der Waals surface area contributed by atoms with Crippen molar-refractivity contribution in [3.8, 4) is 0 Å². The molecule has 1 unspecified atom stereocenters. The number of thiazole rings is 1. The second-order valence-corrected chi connectivity index (χ2v) is 12.0. The second-order valence-electron chi connectivity index (χ2n) is 6.77. The second kappa shape index (κ2) is 7.79. The fourth-order valence-corrected chi connectivity index (χ4v) is 8.15. The lowest BCUT2D eigenvalue weighted by atomic mass is 10.2. The van der Waals surface area contributed by atoms with E-state index in [4.69, 9.17) is 23.2 Å². The maximum Gasteiger partial charge on any atom is 0.266 e. The van der Waals surface area contributed by atoms with Crippen LogP contribution in [-0.4, -0.2) is 35.8 Å². The van der Waals surface area contributed by atoms with Crippen molar-refractivity contribution >= 4 is 72.0 Å². The minimum absolute atomic E-state index is 0.136. The molecule has 1 aromatic carbocycles. The monoisotopic (exact) mass is 489 g/mol. The van der Waals surface area contributed by atoms with E-state index < -0.39 is 22.0 Å². The first-order chi connectivity index (χ1) is 13.7. The van der Waals surface area contributed by atoms with Gasteiger partial charge in [0.25, 0.3) is 15.9 Å². The molecule has 0 aliphatic carbocycles. The van der Waals surface area contributed by atoms with E-state index in [2.05, 4.69) is 4.99 Å². The predicted octanol–water partition coefficient (Wildman–Crippen LogP) is 4.20. The summed E-state index contributed by atoms with van der Waals surface area (Å²) in [5, 5.41) is 0.597. The summed E-state index contributed by atoms with van der Waals surface area (Å²) >= 11 is 14.5. The zero-order valence-electron chi connectivity index (χ0n) is 15.6. The molecule has 1 atom stereocenters. The van der Waals surface area contributed by atoms with Crippen LogP contribution in [0.3, 0.4) is 0 Å². The highest BCUT2D eigenvalue weighted by Crippen LogP contribution is 2.33. The Bertz CT molecular complexity index is 1290. The Morgan fingerprint density at radius 1 is 1.21 bits per heavy atom. The molecular formula is C18H17Cl2N3O3S3. The van der Waals surface area contributed by atoms with Crippen molar-refractivity contribution in [3.05, 3.63) is 44.0 Å². The van der Waals surface area contributed by atoms with Crippen LogP contribution in [0.1, 0.15) is 18.4 Å². The summed E-state index contributed by atoms with van der Waals surface area (Å²) in [6.07, 6.45) is 1.04. The third-order valence-corrected chi connectivity index (χ3v) is 10.1. The first-order valence-electron chi connectivity index (χ1n) is 8.80. The van der Waals surface area contributed by atoms with E-state index in [9.17, 15) is 13.2 Å². The SMILES string of the molecule is Cc1ccc(Cl)c2sc(=NC(=O)C3CCCN3S(=O)(=O)c3ccc(Cl)s3)n(C)c12. The molecule has 3 aromatic rings. The lowest BCUT2D eigenvalue weighted by molar-refractivity contribution is -0.121. The van der Waals surface area contributed by atoms with E-state index in [1.54, 1.807) is 6.07 Å². The third kappa shape index (κ3) is 3.68. The molecule has 6 nitrogen and oxygen atoms in total. The van der Waals surface area contributed by atoms with Gasteiger partial charge in [-0.2, -0.15) is 9.30 Å². The minimum Gasteiger partial charge on any atom is -0.319 e. The van der Waals surface area contributed by atoms with Gasteiger partial charge in [0.05, 0.1) is 19.6 Å². The van der Waals surface area contributed by atoms with Crippen LogP contribution in [0.4, 0.5) is 0 Å². The predicted molar refractivity (Wildman–Crippen MR) is 117 cm³/mol. The Hall–Kier alpha value is -1.23. The Kier molecular flexibility index (Phi) is 5.65. The van der Waals surface area contributed by atoms with Crippen LogP contribution in [0.5, 0.6) is 0 Å². The molecule has 1 aliphatic rings. The number of hydrogen-bond acceptors (Lipinski definition) is 5. The van der Waals surface area contributed by atoms with Crippen molar-refractivity contribution in [3.63, 3.8) is 0 Å². The maximum atomic E-state index is 13.0. The summed E-state index contributed by atoms with van der Waals surface area (Å²) in [6.45, 7) is 2.25. The zero-order chi connectivity index (χ0) is 20.9. The number of nitrogens with zero attached hydrogens (tertiary/aromatic N) is 3. The summed E-state index contributed by atoms with van der Waals surface area (Å²) in [5.41, 5.74) is 1.94. The van der Waals surface area contributed by atoms with E-state index in [1.165, 1.54) is 21.7 Å². The summed E-state index contributed by atoms with van der Waals surface area (Å²) in [5.74, 6) is -0.468. The molecule has 154 valence electrons. The number of carbonyl (C=O) groups excluding carboxylic acids is 1. The zero-order valence-corrected chi connectivity index (χ0v) is 19.5. The van der Waals surface area contributed by atoms with Crippen molar-refractivity contribution in [1.82, 2.24) is 8.87 Å². The summed E-state index contributed by atoms with van der Waals surface area (Å²) in [6, 6.07) is 5.93. The number of sulfonamides is 1. The average Bonchev–Trinajstić information content (AvgIpc) is 3.38. The maximum absolute atomic E-state index is 13.0. The van der Waals surface area contributed by atoms with Gasteiger partial charge in [0.1, 0.15) is 10.3 Å². The number of thiophene rings is 1. The number of aryl methyl sites for hydroxylation is 2. The van der Waals surface area contributed by atoms with E-state index in [-0.39, 0.29) is 10.8 Å². The van der Waals surface area contributed by atoms with Crippen molar-refractivity contribution in [2.24, 2.45) is 12.0 Å². The Labute approximate surface area is 186 Å². The Morgan fingerprint density at radius 3 is 2.62 bits per heavy atom. The number of carbonyl (C=O) groups is 1. The van der Waals surface area contributed by atoms with E-state index in [0.29, 0.717) is 27.0 Å². The number of rotatable bonds is 3. The van der Waals surface area contributed by atoms with E-state index in [0.717, 1.165) is 27.1 Å². The van der Waals surface area contributed by atoms with Gasteiger partial charge in [-0.05, 0) is 43.5 Å². The van der Waals surface area contributed by atoms with Gasteiger partial charge in [-0.1, -0.05) is 40.6 Å². The largest absolute Gasteiger partial charge is 0.319 e. The first-order valence-corrected chi connectivity index (χ1v) is 12.6. The topological polar surface area (TPSA) is 71.7 Å². The van der Waals surface area contributed by atoms with Crippen LogP contribution in [0, 0.1) is 6.92 Å². The van der Waals surface area contributed by atoms with Gasteiger partial charge in [0, 0.05) is 13.6 Å². The summed E-state index contributed by atoms with van der Waals surface area (Å²) in [4.78, 5) is 17.7. The van der Waals surface area contributed by atoms with Crippen LogP contribution in [0.15, 0.2) is 33.5 Å². The minimum atomic E-state index is -3.79. The number of amides is 1. The fourth-order valence-electron chi connectivity index (χ4n) is 3.51. The molecule has 11 heteroatoms. The average molecular weight is 490 g/mol. The molecule has 1 amide bonds. The fraction of sp³-hybridized carbons (Fsp3) is 0.333. The van der Waals surface area contributed by atoms with Crippen LogP contribution in [0.2, 0.25) is 9.36 Å². The van der Waals surface area contributed by atoms with Crippen LogP contribution >= 0.6 is 45.9 Å². The highest BCUT2D eigenvalue weighted by Gasteiger charge is 2.40. The smallest absolute Gasteiger partial charge is 0.266 e. The van der Waals surface area contributed by atoms with Crippen molar-refractivity contribution < 1.29 is 13.2 Å². The van der Waals surface area contributed by atoms with Crippen LogP contribution < -0.4 is 4.80 Å². The number of hydrogen-bond donors (Lipinski definition) is 0. The molecule has 0 saturated carbocycles. The van der Waals surface area contributed by atoms with E-state index in [1.807, 2.05) is 30.7 Å². The molecule has 29 heavy (non-hydrogen) atoms. The standard InChI is InChI=1S/C18H17Cl2N3O3S3/c1-10-5-6-11(19)16-15(10)22(2)18(28-16)21-17(24)12-4-3-9-23(12)29(25,26)14-8-7-13(20)27-14/h5-8,12H,3-4,9H2,1-2H3. The first kappa shape index (κ1) is 21.0. The van der Waals surface area contributed by atoms with Crippen molar-refractivity contribution in [2.45, 2.75) is 30.0 Å². The molecule has 2 aromatic heterocycles. The van der Waals surface area contributed by atoms with Crippen LogP contribution in [0.25, 0.3) is 10.2 Å². The lowest BCUT2D eigenvalue weighted by Crippen LogP contribution is -2.40. The van der Waals surface area contributed by atoms with Gasteiger partial charge in [0.2, 0.25) is 0 Å². The quantitative estimate of drug-likeness (QED) is 0.553. The third-order valence-electron chi connectivity index (χ3n) is 4.91. The normalized spacial score (nSPS) is 18.8. The molecule has 0 bridgehead atoms. The molecule has 0 spiro atoms. The highest BCUT2D eigenvalue weighted by atomic mass is 35.5. The van der Waals surface area contributed by atoms with E-state index >= 15 is 0 Å². The van der Waals surface area contributed by atoms with Gasteiger partial charge >= 0.3 is 0 Å². The Morgan fingerprint density at radius 2 is 1.97 bits per heavy atom. The molecule has 4 rings (SSSR count).